The van der Waals surface area contributed by atoms with Gasteiger partial charge in [0, 0.05) is 18.2 Å². The fraction of sp³-hybridized carbons (Fsp3) is 0. The lowest BCUT2D eigenvalue weighted by atomic mass is 10.1. The van der Waals surface area contributed by atoms with Crippen molar-refractivity contribution < 1.29 is 9.72 Å². The van der Waals surface area contributed by atoms with Crippen molar-refractivity contribution in [3.63, 3.8) is 0 Å². The van der Waals surface area contributed by atoms with E-state index in [0.29, 0.717) is 11.3 Å². The Kier molecular flexibility index (Phi) is 5.22. The summed E-state index contributed by atoms with van der Waals surface area (Å²) < 4.78 is 0. The predicted molar refractivity (Wildman–Crippen MR) is 106 cm³/mol. The number of nitrogens with zero attached hydrogens (tertiary/aromatic N) is 2. The Bertz CT molecular complexity index is 1060. The zero-order valence-electron chi connectivity index (χ0n) is 14.2. The highest BCUT2D eigenvalue weighted by molar-refractivity contribution is 6.04. The summed E-state index contributed by atoms with van der Waals surface area (Å²) >= 11 is 0. The average molecular weight is 360 g/mol. The van der Waals surface area contributed by atoms with E-state index < -0.39 is 10.8 Å². The molecule has 0 atom stereocenters. The second kappa shape index (κ2) is 7.92. The topological polar surface area (TPSA) is 111 Å². The largest absolute Gasteiger partial charge is 0.369 e. The fourth-order valence-corrected chi connectivity index (χ4v) is 2.46. The normalized spacial score (nSPS) is 11.6. The number of carbonyl (C=O) groups excluding carboxylic acids is 1. The van der Waals surface area contributed by atoms with Gasteiger partial charge in [0.05, 0.1) is 10.6 Å². The van der Waals surface area contributed by atoms with E-state index >= 15 is 0 Å². The average Bonchev–Trinajstić information content (AvgIpc) is 2.66. The van der Waals surface area contributed by atoms with Crippen LogP contribution >= 0.6 is 0 Å². The van der Waals surface area contributed by atoms with Gasteiger partial charge in [-0.05, 0) is 46.7 Å². The predicted octanol–water partition coefficient (Wildman–Crippen LogP) is 3.52. The summed E-state index contributed by atoms with van der Waals surface area (Å²) in [6.07, 6.45) is 2.81. The molecule has 0 saturated heterocycles. The summed E-state index contributed by atoms with van der Waals surface area (Å²) in [7, 11) is 0. The molecule has 0 aliphatic rings. The van der Waals surface area contributed by atoms with Gasteiger partial charge in [0.25, 0.3) is 11.6 Å². The minimum Gasteiger partial charge on any atom is -0.369 e. The van der Waals surface area contributed by atoms with Gasteiger partial charge < -0.3 is 5.73 Å². The van der Waals surface area contributed by atoms with Crippen LogP contribution in [0.15, 0.2) is 77.8 Å². The van der Waals surface area contributed by atoms with Crippen molar-refractivity contribution in [3.8, 4) is 0 Å². The third-order valence-electron chi connectivity index (χ3n) is 3.76. The number of fused-ring (bicyclic) bond motifs is 1. The van der Waals surface area contributed by atoms with Gasteiger partial charge >= 0.3 is 0 Å². The Morgan fingerprint density at radius 2 is 1.74 bits per heavy atom. The van der Waals surface area contributed by atoms with Crippen molar-refractivity contribution in [1.82, 2.24) is 5.32 Å². The van der Waals surface area contributed by atoms with Gasteiger partial charge in [-0.3, -0.25) is 20.2 Å². The molecule has 0 bridgehead atoms. The van der Waals surface area contributed by atoms with Crippen molar-refractivity contribution in [3.05, 3.63) is 88.5 Å². The van der Waals surface area contributed by atoms with Gasteiger partial charge in [0.1, 0.15) is 0 Å². The van der Waals surface area contributed by atoms with E-state index in [9.17, 15) is 14.9 Å². The quantitative estimate of drug-likeness (QED) is 0.244. The molecule has 7 heteroatoms. The first-order chi connectivity index (χ1) is 13.0. The standard InChI is InChI=1S/C20H16N4O3/c21-20(22-17-9-8-15-3-1-2-4-16(15)13-17)23-19(25)12-7-14-5-10-18(11-6-14)24(26)27/h1-13H,(H3,21,22,23,25)/b12-7+. The van der Waals surface area contributed by atoms with Crippen molar-refractivity contribution >= 4 is 40.1 Å². The molecular weight excluding hydrogens is 344 g/mol. The van der Waals surface area contributed by atoms with Gasteiger partial charge in [-0.15, -0.1) is 0 Å². The Morgan fingerprint density at radius 1 is 1.04 bits per heavy atom. The maximum Gasteiger partial charge on any atom is 0.269 e. The first-order valence-electron chi connectivity index (χ1n) is 8.08. The summed E-state index contributed by atoms with van der Waals surface area (Å²) in [4.78, 5) is 26.3. The number of amides is 1. The molecule has 3 rings (SSSR count). The summed E-state index contributed by atoms with van der Waals surface area (Å²) in [6, 6.07) is 19.3. The van der Waals surface area contributed by atoms with Gasteiger partial charge in [0.2, 0.25) is 5.96 Å². The molecule has 0 aliphatic heterocycles. The molecule has 7 nitrogen and oxygen atoms in total. The summed E-state index contributed by atoms with van der Waals surface area (Å²) in [5.41, 5.74) is 7.06. The lowest BCUT2D eigenvalue weighted by molar-refractivity contribution is -0.384. The van der Waals surface area contributed by atoms with Crippen LogP contribution in [0.3, 0.4) is 0 Å². The lowest BCUT2D eigenvalue weighted by Crippen LogP contribution is -2.35. The second-order valence-corrected chi connectivity index (χ2v) is 5.70. The van der Waals surface area contributed by atoms with Crippen LogP contribution < -0.4 is 11.1 Å². The third-order valence-corrected chi connectivity index (χ3v) is 3.76. The lowest BCUT2D eigenvalue weighted by Gasteiger charge is -2.03. The van der Waals surface area contributed by atoms with Crippen molar-refractivity contribution in [2.24, 2.45) is 10.7 Å². The number of aliphatic imine (C=N–C) groups is 1. The molecule has 0 heterocycles. The molecule has 3 aromatic rings. The van der Waals surface area contributed by atoms with Gasteiger partial charge in [-0.2, -0.15) is 0 Å². The van der Waals surface area contributed by atoms with E-state index in [0.717, 1.165) is 10.8 Å². The maximum absolute atomic E-state index is 11.9. The minimum atomic E-state index is -0.482. The van der Waals surface area contributed by atoms with E-state index in [4.69, 9.17) is 5.73 Å². The summed E-state index contributed by atoms with van der Waals surface area (Å²) in [5, 5.41) is 15.2. The summed E-state index contributed by atoms with van der Waals surface area (Å²) in [6.45, 7) is 0. The molecule has 0 unspecified atom stereocenters. The molecule has 3 aromatic carbocycles. The number of nitro benzene ring substituents is 1. The van der Waals surface area contributed by atoms with Crippen LogP contribution in [0.2, 0.25) is 0 Å². The number of nitrogens with one attached hydrogen (secondary N) is 1. The highest BCUT2D eigenvalue weighted by atomic mass is 16.6. The summed E-state index contributed by atoms with van der Waals surface area (Å²) in [5.74, 6) is -0.473. The number of carbonyl (C=O) groups is 1. The van der Waals surface area contributed by atoms with Crippen molar-refractivity contribution in [2.75, 3.05) is 0 Å². The number of guanidine groups is 1. The van der Waals surface area contributed by atoms with Crippen LogP contribution in [0.5, 0.6) is 0 Å². The van der Waals surface area contributed by atoms with E-state index in [1.165, 1.54) is 24.3 Å². The fourth-order valence-electron chi connectivity index (χ4n) is 2.46. The number of benzene rings is 3. The second-order valence-electron chi connectivity index (χ2n) is 5.70. The smallest absolute Gasteiger partial charge is 0.269 e. The van der Waals surface area contributed by atoms with Crippen LogP contribution in [0.4, 0.5) is 11.4 Å². The molecule has 0 fully saturated rings. The van der Waals surface area contributed by atoms with E-state index in [-0.39, 0.29) is 11.6 Å². The number of hydrogen-bond acceptors (Lipinski definition) is 4. The molecule has 0 aromatic heterocycles. The molecule has 27 heavy (non-hydrogen) atoms. The Morgan fingerprint density at radius 3 is 2.44 bits per heavy atom. The zero-order valence-corrected chi connectivity index (χ0v) is 14.2. The molecular formula is C20H16N4O3. The number of nitro groups is 1. The van der Waals surface area contributed by atoms with Crippen molar-refractivity contribution in [2.45, 2.75) is 0 Å². The third kappa shape index (κ3) is 4.76. The first kappa shape index (κ1) is 17.8. The van der Waals surface area contributed by atoms with Gasteiger partial charge in [-0.1, -0.05) is 30.3 Å². The molecule has 134 valence electrons. The van der Waals surface area contributed by atoms with Crippen LogP contribution in [0.25, 0.3) is 16.8 Å². The number of rotatable bonds is 4. The first-order valence-corrected chi connectivity index (χ1v) is 8.08. The Hall–Kier alpha value is -4.00. The number of non-ortho nitro benzene ring substituents is 1. The molecule has 0 aliphatic carbocycles. The molecule has 0 spiro atoms. The van der Waals surface area contributed by atoms with Gasteiger partial charge in [0.15, 0.2) is 0 Å². The highest BCUT2D eigenvalue weighted by Crippen LogP contribution is 2.20. The maximum atomic E-state index is 11.9. The van der Waals surface area contributed by atoms with Crippen LogP contribution in [-0.2, 0) is 4.79 Å². The van der Waals surface area contributed by atoms with Crippen molar-refractivity contribution in [1.29, 1.82) is 0 Å². The van der Waals surface area contributed by atoms with Crippen LogP contribution in [0, 0.1) is 10.1 Å². The molecule has 0 radical (unpaired) electrons. The van der Waals surface area contributed by atoms with E-state index in [1.807, 2.05) is 42.5 Å². The molecule has 1 amide bonds. The number of hydrogen-bond donors (Lipinski definition) is 2. The molecule has 0 saturated carbocycles. The highest BCUT2D eigenvalue weighted by Gasteiger charge is 2.03. The molecule has 3 N–H and O–H groups in total. The van der Waals surface area contributed by atoms with Gasteiger partial charge in [-0.25, -0.2) is 4.99 Å². The SMILES string of the molecule is NC(=Nc1ccc2ccccc2c1)NC(=O)/C=C/c1ccc([N+](=O)[O-])cc1. The Labute approximate surface area is 155 Å². The minimum absolute atomic E-state index is 0.0108. The Balaban J connectivity index is 1.65. The monoisotopic (exact) mass is 360 g/mol. The van der Waals surface area contributed by atoms with Crippen LogP contribution in [0.1, 0.15) is 5.56 Å². The zero-order chi connectivity index (χ0) is 19.2. The van der Waals surface area contributed by atoms with E-state index in [1.54, 1.807) is 12.1 Å². The number of nitrogens with two attached hydrogens (primary N) is 1. The van der Waals surface area contributed by atoms with E-state index in [2.05, 4.69) is 10.3 Å². The van der Waals surface area contributed by atoms with Crippen LogP contribution in [-0.4, -0.2) is 16.8 Å².